The van der Waals surface area contributed by atoms with Crippen LogP contribution >= 0.6 is 0 Å². The van der Waals surface area contributed by atoms with Crippen molar-refractivity contribution in [3.05, 3.63) is 64.8 Å². The minimum atomic E-state index is 0.0521. The minimum absolute atomic E-state index is 0.0521. The number of carbonyl (C=O) groups is 1. The SMILES string of the molecule is Cc1ccc(OCC(=O)N2CCc3[nH]c4ccc(C)cc4c3CC2)cc1. The number of nitrogens with zero attached hydrogens (tertiary/aromatic N) is 1. The Morgan fingerprint density at radius 2 is 1.77 bits per heavy atom. The predicted octanol–water partition coefficient (Wildman–Crippen LogP) is 3.79. The number of carbonyl (C=O) groups excluding carboxylic acids is 1. The molecule has 1 aromatic heterocycles. The fraction of sp³-hybridized carbons (Fsp3) is 0.318. The first-order valence-electron chi connectivity index (χ1n) is 9.17. The zero-order chi connectivity index (χ0) is 18.1. The number of aromatic amines is 1. The van der Waals surface area contributed by atoms with Crippen molar-refractivity contribution in [3.8, 4) is 5.75 Å². The molecule has 3 aromatic rings. The molecule has 0 saturated carbocycles. The highest BCUT2D eigenvalue weighted by atomic mass is 16.5. The number of amides is 1. The third-order valence-corrected chi connectivity index (χ3v) is 5.15. The molecule has 0 unspecified atom stereocenters. The van der Waals surface area contributed by atoms with E-state index in [0.29, 0.717) is 0 Å². The van der Waals surface area contributed by atoms with Gasteiger partial charge in [-0.15, -0.1) is 0 Å². The van der Waals surface area contributed by atoms with E-state index >= 15 is 0 Å². The van der Waals surface area contributed by atoms with Gasteiger partial charge in [0.05, 0.1) is 0 Å². The Hall–Kier alpha value is -2.75. The molecule has 0 fully saturated rings. The second-order valence-electron chi connectivity index (χ2n) is 7.11. The quantitative estimate of drug-likeness (QED) is 0.783. The summed E-state index contributed by atoms with van der Waals surface area (Å²) in [7, 11) is 0. The smallest absolute Gasteiger partial charge is 0.260 e. The van der Waals surface area contributed by atoms with E-state index in [0.717, 1.165) is 31.7 Å². The predicted molar refractivity (Wildman–Crippen MR) is 104 cm³/mol. The van der Waals surface area contributed by atoms with Crippen molar-refractivity contribution in [1.82, 2.24) is 9.88 Å². The molecule has 2 aromatic carbocycles. The van der Waals surface area contributed by atoms with Crippen molar-refractivity contribution in [3.63, 3.8) is 0 Å². The number of ether oxygens (including phenoxy) is 1. The maximum atomic E-state index is 12.6. The van der Waals surface area contributed by atoms with Gasteiger partial charge in [-0.05, 0) is 50.1 Å². The topological polar surface area (TPSA) is 45.3 Å². The second-order valence-corrected chi connectivity index (χ2v) is 7.11. The summed E-state index contributed by atoms with van der Waals surface area (Å²) >= 11 is 0. The number of nitrogens with one attached hydrogen (secondary N) is 1. The van der Waals surface area contributed by atoms with Crippen molar-refractivity contribution in [1.29, 1.82) is 0 Å². The average Bonchev–Trinajstić information content (AvgIpc) is 2.84. The Kier molecular flexibility index (Phi) is 4.41. The summed E-state index contributed by atoms with van der Waals surface area (Å²) in [6.07, 6.45) is 1.74. The van der Waals surface area contributed by atoms with Gasteiger partial charge < -0.3 is 14.6 Å². The van der Waals surface area contributed by atoms with E-state index in [1.54, 1.807) is 0 Å². The van der Waals surface area contributed by atoms with Gasteiger partial charge in [-0.25, -0.2) is 0 Å². The molecule has 1 N–H and O–H groups in total. The molecule has 134 valence electrons. The largest absolute Gasteiger partial charge is 0.484 e. The molecule has 0 bridgehead atoms. The Balaban J connectivity index is 1.42. The highest BCUT2D eigenvalue weighted by Gasteiger charge is 2.21. The van der Waals surface area contributed by atoms with Crippen LogP contribution in [0.2, 0.25) is 0 Å². The van der Waals surface area contributed by atoms with Crippen LogP contribution < -0.4 is 4.74 Å². The van der Waals surface area contributed by atoms with Gasteiger partial charge in [0.2, 0.25) is 0 Å². The van der Waals surface area contributed by atoms with Crippen molar-refractivity contribution in [2.45, 2.75) is 26.7 Å². The van der Waals surface area contributed by atoms with Gasteiger partial charge in [0.25, 0.3) is 5.91 Å². The zero-order valence-corrected chi connectivity index (χ0v) is 15.3. The van der Waals surface area contributed by atoms with Crippen molar-refractivity contribution >= 4 is 16.8 Å². The van der Waals surface area contributed by atoms with E-state index < -0.39 is 0 Å². The number of rotatable bonds is 3. The van der Waals surface area contributed by atoms with Crippen LogP contribution in [-0.2, 0) is 17.6 Å². The molecule has 0 radical (unpaired) electrons. The van der Waals surface area contributed by atoms with Crippen molar-refractivity contribution < 1.29 is 9.53 Å². The van der Waals surface area contributed by atoms with Crippen molar-refractivity contribution in [2.24, 2.45) is 0 Å². The lowest BCUT2D eigenvalue weighted by atomic mass is 10.1. The molecule has 0 spiro atoms. The number of hydrogen-bond donors (Lipinski definition) is 1. The monoisotopic (exact) mass is 348 g/mol. The molecule has 2 heterocycles. The fourth-order valence-electron chi connectivity index (χ4n) is 3.64. The number of H-pyrrole nitrogens is 1. The molecular formula is C22H24N2O2. The summed E-state index contributed by atoms with van der Waals surface area (Å²) in [5, 5.41) is 1.30. The fourth-order valence-corrected chi connectivity index (χ4v) is 3.64. The highest BCUT2D eigenvalue weighted by Crippen LogP contribution is 2.26. The van der Waals surface area contributed by atoms with Crippen LogP contribution in [0.5, 0.6) is 5.75 Å². The van der Waals surface area contributed by atoms with Crippen LogP contribution in [0, 0.1) is 13.8 Å². The first-order valence-corrected chi connectivity index (χ1v) is 9.17. The Morgan fingerprint density at radius 3 is 2.58 bits per heavy atom. The van der Waals surface area contributed by atoms with Gasteiger partial charge in [0.15, 0.2) is 6.61 Å². The van der Waals surface area contributed by atoms with E-state index in [4.69, 9.17) is 4.74 Å². The van der Waals surface area contributed by atoms with E-state index in [-0.39, 0.29) is 12.5 Å². The standard InChI is InChI=1S/C22H24N2O2/c1-15-3-6-17(7-4-15)26-14-22(25)24-11-9-18-19-13-16(2)5-8-20(19)23-21(18)10-12-24/h3-8,13,23H,9-12,14H2,1-2H3. The number of fused-ring (bicyclic) bond motifs is 3. The van der Waals surface area contributed by atoms with E-state index in [1.165, 1.54) is 33.3 Å². The maximum Gasteiger partial charge on any atom is 0.260 e. The molecular weight excluding hydrogens is 324 g/mol. The molecule has 4 nitrogen and oxygen atoms in total. The molecule has 1 aliphatic heterocycles. The van der Waals surface area contributed by atoms with E-state index in [1.807, 2.05) is 36.1 Å². The molecule has 0 aliphatic carbocycles. The molecule has 26 heavy (non-hydrogen) atoms. The first-order chi connectivity index (χ1) is 12.6. The molecule has 4 rings (SSSR count). The van der Waals surface area contributed by atoms with Crippen LogP contribution in [-0.4, -0.2) is 35.5 Å². The summed E-state index contributed by atoms with van der Waals surface area (Å²) in [4.78, 5) is 18.0. The van der Waals surface area contributed by atoms with E-state index in [2.05, 4.69) is 30.1 Å². The summed E-state index contributed by atoms with van der Waals surface area (Å²) in [5.41, 5.74) is 6.27. The second kappa shape index (κ2) is 6.87. The Morgan fingerprint density at radius 1 is 1.04 bits per heavy atom. The van der Waals surface area contributed by atoms with Gasteiger partial charge in [0.1, 0.15) is 5.75 Å². The molecule has 0 saturated heterocycles. The Bertz CT molecular complexity index is 941. The first kappa shape index (κ1) is 16.7. The van der Waals surface area contributed by atoms with Crippen LogP contribution in [0.25, 0.3) is 10.9 Å². The van der Waals surface area contributed by atoms with Gasteiger partial charge >= 0.3 is 0 Å². The minimum Gasteiger partial charge on any atom is -0.484 e. The van der Waals surface area contributed by atoms with Crippen LogP contribution in [0.1, 0.15) is 22.4 Å². The lowest BCUT2D eigenvalue weighted by Gasteiger charge is -2.20. The van der Waals surface area contributed by atoms with Gasteiger partial charge in [-0.2, -0.15) is 0 Å². The molecule has 4 heteroatoms. The van der Waals surface area contributed by atoms with E-state index in [9.17, 15) is 4.79 Å². The summed E-state index contributed by atoms with van der Waals surface area (Å²) in [6.45, 7) is 5.72. The normalized spacial score (nSPS) is 14.2. The maximum absolute atomic E-state index is 12.6. The van der Waals surface area contributed by atoms with Crippen LogP contribution in [0.15, 0.2) is 42.5 Å². The number of aromatic nitrogens is 1. The highest BCUT2D eigenvalue weighted by molar-refractivity contribution is 5.86. The Labute approximate surface area is 153 Å². The molecule has 1 aliphatic rings. The van der Waals surface area contributed by atoms with Gasteiger partial charge in [0, 0.05) is 36.1 Å². The van der Waals surface area contributed by atoms with Gasteiger partial charge in [-0.3, -0.25) is 4.79 Å². The average molecular weight is 348 g/mol. The zero-order valence-electron chi connectivity index (χ0n) is 15.3. The summed E-state index contributed by atoms with van der Waals surface area (Å²) in [5.74, 6) is 0.793. The number of hydrogen-bond acceptors (Lipinski definition) is 2. The van der Waals surface area contributed by atoms with Crippen LogP contribution in [0.4, 0.5) is 0 Å². The number of aryl methyl sites for hydroxylation is 2. The lowest BCUT2D eigenvalue weighted by Crippen LogP contribution is -2.36. The van der Waals surface area contributed by atoms with Gasteiger partial charge in [-0.1, -0.05) is 29.3 Å². The van der Waals surface area contributed by atoms with Crippen molar-refractivity contribution in [2.75, 3.05) is 19.7 Å². The summed E-state index contributed by atoms with van der Waals surface area (Å²) < 4.78 is 5.66. The summed E-state index contributed by atoms with van der Waals surface area (Å²) in [6, 6.07) is 14.3. The third kappa shape index (κ3) is 3.32. The molecule has 0 atom stereocenters. The molecule has 1 amide bonds. The lowest BCUT2D eigenvalue weighted by molar-refractivity contribution is -0.133. The van der Waals surface area contributed by atoms with Crippen LogP contribution in [0.3, 0.4) is 0 Å². The third-order valence-electron chi connectivity index (χ3n) is 5.15. The number of benzene rings is 2.